The molecule has 2 N–H and O–H groups in total. The summed E-state index contributed by atoms with van der Waals surface area (Å²) < 4.78 is 49.5. The molecule has 0 bridgehead atoms. The number of carbonyl (C=O) groups excluding carboxylic acids is 1. The Balaban J connectivity index is 1.19. The number of anilines is 1. The first-order chi connectivity index (χ1) is 25.2. The van der Waals surface area contributed by atoms with Crippen molar-refractivity contribution < 1.29 is 38.0 Å². The van der Waals surface area contributed by atoms with Crippen molar-refractivity contribution in [3.8, 4) is 23.0 Å². The van der Waals surface area contributed by atoms with Gasteiger partial charge in [-0.15, -0.1) is 0 Å². The van der Waals surface area contributed by atoms with E-state index >= 15 is 8.78 Å². The van der Waals surface area contributed by atoms with Gasteiger partial charge in [-0.05, 0) is 73.2 Å². The predicted molar refractivity (Wildman–Crippen MR) is 190 cm³/mol. The van der Waals surface area contributed by atoms with E-state index in [4.69, 9.17) is 19.2 Å². The first-order valence-electron chi connectivity index (χ1n) is 18.2. The molecule has 5 heterocycles. The molecule has 4 unspecified atom stereocenters. The lowest BCUT2D eigenvalue weighted by atomic mass is 9.75. The lowest BCUT2D eigenvalue weighted by Crippen LogP contribution is -2.55. The highest BCUT2D eigenvalue weighted by Gasteiger charge is 2.49. The molecule has 3 aliphatic heterocycles. The fraction of sp³-hybridized carbons (Fsp3) is 0.526. The zero-order valence-electron chi connectivity index (χ0n) is 29.5. The van der Waals surface area contributed by atoms with Crippen molar-refractivity contribution in [2.45, 2.75) is 63.6 Å². The number of likely N-dealkylation sites (N-methyl/N-ethyl adjacent to an activating group) is 1. The molecule has 3 saturated heterocycles. The molecule has 12 nitrogen and oxygen atoms in total. The Labute approximate surface area is 300 Å². The van der Waals surface area contributed by atoms with Gasteiger partial charge in [0.25, 0.3) is 0 Å². The maximum absolute atomic E-state index is 17.0. The van der Waals surface area contributed by atoms with Crippen molar-refractivity contribution in [2.75, 3.05) is 64.6 Å². The van der Waals surface area contributed by atoms with E-state index in [1.807, 2.05) is 11.8 Å². The maximum Gasteiger partial charge on any atom is 0.409 e. The summed E-state index contributed by atoms with van der Waals surface area (Å²) in [4.78, 5) is 32.1. The number of hydrogen-bond donors (Lipinski definition) is 2. The van der Waals surface area contributed by atoms with Gasteiger partial charge >= 0.3 is 12.1 Å². The predicted octanol–water partition coefficient (Wildman–Crippen LogP) is 5.05. The van der Waals surface area contributed by atoms with E-state index < -0.39 is 17.7 Å². The second-order valence-electron chi connectivity index (χ2n) is 14.7. The molecule has 1 saturated carbocycles. The fourth-order valence-corrected chi connectivity index (χ4v) is 8.95. The van der Waals surface area contributed by atoms with Gasteiger partial charge in [-0.1, -0.05) is 19.4 Å². The lowest BCUT2D eigenvalue weighted by Gasteiger charge is -2.47. The van der Waals surface area contributed by atoms with Crippen LogP contribution in [0.25, 0.3) is 32.9 Å². The summed E-state index contributed by atoms with van der Waals surface area (Å²) in [5, 5.41) is 22.6. The Hall–Kier alpha value is -4.40. The quantitative estimate of drug-likeness (QED) is 0.254. The number of piperidine rings is 1. The normalized spacial score (nSPS) is 25.5. The highest BCUT2D eigenvalue weighted by molar-refractivity contribution is 6.01. The number of β-amino-alcohol motifs (C(OH)–C–C–N with tert-alkyl or cyclic N) is 1. The van der Waals surface area contributed by atoms with Crippen molar-refractivity contribution in [3.05, 3.63) is 47.7 Å². The number of cyclic esters (lactones) is 1. The van der Waals surface area contributed by atoms with Gasteiger partial charge in [0.15, 0.2) is 5.82 Å². The van der Waals surface area contributed by atoms with Crippen molar-refractivity contribution in [2.24, 2.45) is 5.41 Å². The van der Waals surface area contributed by atoms with Gasteiger partial charge in [-0.2, -0.15) is 9.97 Å². The molecule has 0 spiro atoms. The summed E-state index contributed by atoms with van der Waals surface area (Å²) in [6.45, 7) is 5.27. The van der Waals surface area contributed by atoms with Crippen LogP contribution < -0.4 is 9.64 Å². The van der Waals surface area contributed by atoms with Crippen molar-refractivity contribution >= 4 is 33.6 Å². The number of likely N-dealkylation sites (tertiary alicyclic amines) is 1. The van der Waals surface area contributed by atoms with Gasteiger partial charge in [-0.3, -0.25) is 9.88 Å². The number of phenols is 1. The Bertz CT molecular complexity index is 2020. The molecule has 2 aromatic carbocycles. The molecule has 2 aromatic heterocycles. The molecular weight excluding hydrogens is 674 g/mol. The number of aromatic nitrogens is 3. The van der Waals surface area contributed by atoms with Crippen LogP contribution in [0.1, 0.15) is 44.6 Å². The second kappa shape index (κ2) is 13.9. The van der Waals surface area contributed by atoms with E-state index in [1.165, 1.54) is 24.4 Å². The van der Waals surface area contributed by atoms with Gasteiger partial charge in [0.05, 0.1) is 37.4 Å². The van der Waals surface area contributed by atoms with E-state index in [9.17, 15) is 15.0 Å². The third-order valence-electron chi connectivity index (χ3n) is 11.5. The first kappa shape index (κ1) is 34.7. The molecule has 4 atom stereocenters. The number of nitrogens with zero attached hydrogens (tertiary/aromatic N) is 6. The van der Waals surface area contributed by atoms with Crippen LogP contribution in [0.4, 0.5) is 19.4 Å². The Morgan fingerprint density at radius 1 is 1.12 bits per heavy atom. The number of pyridine rings is 1. The third-order valence-corrected chi connectivity index (χ3v) is 11.5. The smallest absolute Gasteiger partial charge is 0.409 e. The molecule has 4 aromatic rings. The number of amides is 1. The highest BCUT2D eigenvalue weighted by atomic mass is 19.1. The minimum absolute atomic E-state index is 0.00550. The number of aliphatic hydroxyl groups excluding tert-OH is 1. The van der Waals surface area contributed by atoms with Crippen LogP contribution in [0.2, 0.25) is 0 Å². The number of phenolic OH excluding ortho intramolecular Hbond substituents is 1. The van der Waals surface area contributed by atoms with E-state index in [-0.39, 0.29) is 65.3 Å². The number of ether oxygens (including phenoxy) is 3. The van der Waals surface area contributed by atoms with E-state index in [2.05, 4.69) is 14.9 Å². The summed E-state index contributed by atoms with van der Waals surface area (Å²) in [5.41, 5.74) is 0.358. The van der Waals surface area contributed by atoms with Crippen LogP contribution in [0.5, 0.6) is 11.8 Å². The summed E-state index contributed by atoms with van der Waals surface area (Å²) in [5.74, 6) is -0.917. The van der Waals surface area contributed by atoms with Crippen molar-refractivity contribution in [1.29, 1.82) is 0 Å². The molecule has 8 rings (SSSR count). The van der Waals surface area contributed by atoms with Gasteiger partial charge in [0, 0.05) is 49.9 Å². The summed E-state index contributed by atoms with van der Waals surface area (Å²) in [7, 11) is 1.78. The Kier molecular flexibility index (Phi) is 9.24. The van der Waals surface area contributed by atoms with E-state index in [1.54, 1.807) is 18.0 Å². The minimum atomic E-state index is -0.791. The number of carbonyl (C=O) groups is 1. The van der Waals surface area contributed by atoms with E-state index in [0.29, 0.717) is 60.3 Å². The molecule has 0 radical (unpaired) electrons. The topological polar surface area (TPSA) is 134 Å². The summed E-state index contributed by atoms with van der Waals surface area (Å²) in [6, 6.07) is 6.07. The van der Waals surface area contributed by atoms with E-state index in [0.717, 1.165) is 45.2 Å². The maximum atomic E-state index is 17.0. The number of halogens is 2. The monoisotopic (exact) mass is 718 g/mol. The van der Waals surface area contributed by atoms with Gasteiger partial charge in [0.2, 0.25) is 0 Å². The largest absolute Gasteiger partial charge is 0.508 e. The second-order valence-corrected chi connectivity index (χ2v) is 14.7. The summed E-state index contributed by atoms with van der Waals surface area (Å²) in [6.07, 6.45) is 5.70. The lowest BCUT2D eigenvalue weighted by molar-refractivity contribution is -0.00777. The average molecular weight is 719 g/mol. The summed E-state index contributed by atoms with van der Waals surface area (Å²) >= 11 is 0. The van der Waals surface area contributed by atoms with Crippen LogP contribution in [0.15, 0.2) is 30.5 Å². The molecule has 14 heteroatoms. The number of hydrogen-bond acceptors (Lipinski definition) is 11. The highest BCUT2D eigenvalue weighted by Crippen LogP contribution is 2.48. The molecule has 52 heavy (non-hydrogen) atoms. The molecular formula is C38H44F2N6O6. The van der Waals surface area contributed by atoms with Crippen LogP contribution in [0, 0.1) is 17.0 Å². The van der Waals surface area contributed by atoms with Crippen LogP contribution in [-0.4, -0.2) is 119 Å². The molecule has 1 amide bonds. The Morgan fingerprint density at radius 2 is 1.96 bits per heavy atom. The van der Waals surface area contributed by atoms with Crippen molar-refractivity contribution in [1.82, 2.24) is 24.8 Å². The minimum Gasteiger partial charge on any atom is -0.508 e. The SMILES string of the molecule is CCc1c(F)ccc2cc(O)cc(-c3ncc4c(N5CCOCC(O)C5)nc(OCC56CCCC5N(CC5COC(=O)N5C)CCC6)nc4c3F)c12. The number of aliphatic hydroxyl groups is 1. The number of rotatable bonds is 8. The zero-order chi connectivity index (χ0) is 36.1. The average Bonchev–Trinajstić information content (AvgIpc) is 3.63. The molecule has 276 valence electrons. The molecule has 1 aliphatic carbocycles. The first-order valence-corrected chi connectivity index (χ1v) is 18.2. The van der Waals surface area contributed by atoms with Crippen LogP contribution in [-0.2, 0) is 15.9 Å². The third kappa shape index (κ3) is 6.13. The number of fused-ring (bicyclic) bond motifs is 3. The number of aromatic hydroxyl groups is 1. The van der Waals surface area contributed by atoms with Crippen LogP contribution >= 0.6 is 0 Å². The van der Waals surface area contributed by atoms with Gasteiger partial charge in [0.1, 0.15) is 35.2 Å². The van der Waals surface area contributed by atoms with Crippen molar-refractivity contribution in [3.63, 3.8) is 0 Å². The molecule has 4 aliphatic rings. The molecule has 4 fully saturated rings. The number of aryl methyl sites for hydroxylation is 1. The van der Waals surface area contributed by atoms with Crippen LogP contribution in [0.3, 0.4) is 0 Å². The fourth-order valence-electron chi connectivity index (χ4n) is 8.95. The zero-order valence-corrected chi connectivity index (χ0v) is 29.5. The van der Waals surface area contributed by atoms with Gasteiger partial charge in [-0.25, -0.2) is 13.6 Å². The standard InChI is InChI=1S/C38H44F2N6O6/c1-3-26-29(39)8-7-22-14-24(47)15-27(31(22)26)33-32(40)34-28(16-41-33)35(46-12-13-50-20-25(48)18-46)43-36(42-34)52-21-38-9-4-6-30(38)45(11-5-10-38)17-23-19-51-37(49)44(23)2/h7-8,14-16,23,25,30,47-48H,3-6,9-13,17-21H2,1-2H3. The Morgan fingerprint density at radius 3 is 2.77 bits per heavy atom. The van der Waals surface area contributed by atoms with Gasteiger partial charge < -0.3 is 34.2 Å². The number of benzene rings is 2.